The Labute approximate surface area is 198 Å². The van der Waals surface area contributed by atoms with Crippen LogP contribution >= 0.6 is 0 Å². The summed E-state index contributed by atoms with van der Waals surface area (Å²) in [6.07, 6.45) is 21.1. The predicted octanol–water partition coefficient (Wildman–Crippen LogP) is 5.91. The Bertz CT molecular complexity index is 833. The average molecular weight is 453 g/mol. The Balaban J connectivity index is 0.000000105. The number of fused-ring (bicyclic) bond motifs is 15. The maximum atomic E-state index is 9.34. The zero-order valence-electron chi connectivity index (χ0n) is 19.9. The van der Waals surface area contributed by atoms with Crippen LogP contribution in [0.5, 0.6) is 0 Å². The average Bonchev–Trinajstić information content (AvgIpc) is 3.46. The van der Waals surface area contributed by atoms with Gasteiger partial charge >= 0.3 is 5.97 Å². The molecule has 4 heteroatoms. The van der Waals surface area contributed by atoms with Crippen molar-refractivity contribution in [3.63, 3.8) is 0 Å². The highest BCUT2D eigenvalue weighted by atomic mass is 17.1. The van der Waals surface area contributed by atoms with Crippen molar-refractivity contribution in [3.05, 3.63) is 37.5 Å². The number of rotatable bonds is 2. The maximum Gasteiger partial charge on any atom is 0.339 e. The van der Waals surface area contributed by atoms with Gasteiger partial charge in [-0.25, -0.2) is 4.79 Å². The topological polar surface area (TPSA) is 59.1 Å². The van der Waals surface area contributed by atoms with E-state index < -0.39 is 5.97 Å². The molecule has 1 N–H and O–H groups in total. The first-order chi connectivity index (χ1) is 16.0. The lowest BCUT2D eigenvalue weighted by Gasteiger charge is -2.36. The molecule has 1 saturated heterocycles. The highest BCUT2D eigenvalue weighted by Crippen LogP contribution is 2.67. The Hall–Kier alpha value is -1.39. The summed E-state index contributed by atoms with van der Waals surface area (Å²) in [4.78, 5) is 12.5. The van der Waals surface area contributed by atoms with Crippen LogP contribution in [0, 0.1) is 71.0 Å². The molecule has 1 heterocycles. The van der Waals surface area contributed by atoms with Gasteiger partial charge in [0.15, 0.2) is 0 Å². The van der Waals surface area contributed by atoms with Gasteiger partial charge in [-0.05, 0) is 116 Å². The molecule has 7 fully saturated rings. The highest BCUT2D eigenvalue weighted by Gasteiger charge is 2.60. The van der Waals surface area contributed by atoms with Crippen molar-refractivity contribution in [2.45, 2.75) is 64.1 Å². The van der Waals surface area contributed by atoms with Crippen molar-refractivity contribution in [2.75, 3.05) is 0 Å². The van der Waals surface area contributed by atoms with Crippen LogP contribution in [0.15, 0.2) is 37.5 Å². The van der Waals surface area contributed by atoms with E-state index in [1.807, 2.05) is 0 Å². The normalized spacial score (nSPS) is 54.2. The first kappa shape index (κ1) is 22.1. The number of carbonyl (C=O) groups excluding carboxylic acids is 1. The zero-order valence-corrected chi connectivity index (χ0v) is 19.9. The van der Waals surface area contributed by atoms with Crippen LogP contribution in [0.2, 0.25) is 0 Å². The third-order valence-electron chi connectivity index (χ3n) is 11.2. The van der Waals surface area contributed by atoms with E-state index in [9.17, 15) is 4.79 Å². The molecule has 8 aliphatic rings. The van der Waals surface area contributed by atoms with Gasteiger partial charge in [-0.2, -0.15) is 5.26 Å². The van der Waals surface area contributed by atoms with Crippen molar-refractivity contribution in [1.29, 1.82) is 0 Å². The lowest BCUT2D eigenvalue weighted by molar-refractivity contribution is -0.231. The molecule has 33 heavy (non-hydrogen) atoms. The van der Waals surface area contributed by atoms with Gasteiger partial charge in [-0.3, -0.25) is 0 Å². The standard InChI is InChI=1S/C14H18.C13H18O.C2H4O3/c1-2-8-5-11-7-12(8)14-10-4-3-9(6-10)13(11)14;1-2-7-3-8-4-9(7)11-6-13-12(14-13)5-10(8)11;1-2(3)5-4/h2-4,8-14H,1,5-7H2;2,7-13H,1,3-6H2;4H,1H3. The fourth-order valence-corrected chi connectivity index (χ4v) is 10.1. The van der Waals surface area contributed by atoms with Gasteiger partial charge in [0.2, 0.25) is 0 Å². The summed E-state index contributed by atoms with van der Waals surface area (Å²) in [5, 5.41) is 7.29. The fourth-order valence-electron chi connectivity index (χ4n) is 10.1. The van der Waals surface area contributed by atoms with E-state index in [-0.39, 0.29) is 0 Å². The van der Waals surface area contributed by atoms with Gasteiger partial charge < -0.3 is 9.62 Å². The van der Waals surface area contributed by atoms with Crippen molar-refractivity contribution in [1.82, 2.24) is 0 Å². The predicted molar refractivity (Wildman–Crippen MR) is 127 cm³/mol. The van der Waals surface area contributed by atoms with Gasteiger partial charge in [-0.15, -0.1) is 13.2 Å². The number of epoxide rings is 1. The molecule has 4 nitrogen and oxygen atoms in total. The molecule has 1 aliphatic heterocycles. The number of hydrogen-bond acceptors (Lipinski definition) is 4. The molecule has 0 aromatic rings. The van der Waals surface area contributed by atoms with Crippen molar-refractivity contribution in [2.24, 2.45) is 71.0 Å². The molecule has 0 aromatic heterocycles. The molecule has 0 amide bonds. The molecule has 6 bridgehead atoms. The van der Waals surface area contributed by atoms with Crippen LogP contribution in [0.1, 0.15) is 51.9 Å². The summed E-state index contributed by atoms with van der Waals surface area (Å²) in [5.74, 6) is 11.2. The molecule has 0 radical (unpaired) electrons. The fraction of sp³-hybridized carbons (Fsp3) is 0.759. The molecule has 6 saturated carbocycles. The Morgan fingerprint density at radius 1 is 0.818 bits per heavy atom. The SMILES string of the molecule is C=CC1CC2CC1C1C3C=CC(C3)C21.C=CC1CC2CC1C1CC3OC3CC21.CC(=O)OO. The van der Waals surface area contributed by atoms with Crippen LogP contribution in [0.3, 0.4) is 0 Å². The van der Waals surface area contributed by atoms with E-state index in [0.717, 1.165) is 77.9 Å². The minimum absolute atomic E-state index is 0.668. The lowest BCUT2D eigenvalue weighted by atomic mass is 9.67. The second kappa shape index (κ2) is 8.37. The Morgan fingerprint density at radius 2 is 1.39 bits per heavy atom. The van der Waals surface area contributed by atoms with Crippen molar-refractivity contribution < 1.29 is 19.7 Å². The molecule has 180 valence electrons. The quantitative estimate of drug-likeness (QED) is 0.186. The van der Waals surface area contributed by atoms with Gasteiger partial charge in [0, 0.05) is 6.92 Å². The van der Waals surface area contributed by atoms with Crippen LogP contribution in [0.25, 0.3) is 0 Å². The van der Waals surface area contributed by atoms with Crippen molar-refractivity contribution >= 4 is 5.97 Å². The minimum atomic E-state index is -0.690. The molecule has 14 atom stereocenters. The monoisotopic (exact) mass is 452 g/mol. The van der Waals surface area contributed by atoms with Crippen LogP contribution < -0.4 is 0 Å². The smallest absolute Gasteiger partial charge is 0.339 e. The van der Waals surface area contributed by atoms with E-state index in [4.69, 9.17) is 9.99 Å². The van der Waals surface area contributed by atoms with Gasteiger partial charge in [0.1, 0.15) is 0 Å². The zero-order chi connectivity index (χ0) is 22.9. The van der Waals surface area contributed by atoms with Crippen LogP contribution in [-0.4, -0.2) is 23.4 Å². The third-order valence-corrected chi connectivity index (χ3v) is 11.2. The number of ether oxygens (including phenoxy) is 1. The van der Waals surface area contributed by atoms with E-state index in [0.29, 0.717) is 12.2 Å². The van der Waals surface area contributed by atoms with E-state index in [1.54, 1.807) is 0 Å². The molecule has 7 aliphatic carbocycles. The molecule has 14 unspecified atom stereocenters. The van der Waals surface area contributed by atoms with E-state index in [2.05, 4.69) is 42.3 Å². The van der Waals surface area contributed by atoms with Crippen molar-refractivity contribution in [3.8, 4) is 0 Å². The van der Waals surface area contributed by atoms with Crippen LogP contribution in [-0.2, 0) is 14.4 Å². The van der Waals surface area contributed by atoms with Gasteiger partial charge in [0.25, 0.3) is 0 Å². The molecule has 0 aromatic carbocycles. The first-order valence-corrected chi connectivity index (χ1v) is 13.4. The van der Waals surface area contributed by atoms with Crippen LogP contribution in [0.4, 0.5) is 0 Å². The summed E-state index contributed by atoms with van der Waals surface area (Å²) < 4.78 is 5.68. The molecule has 0 spiro atoms. The third kappa shape index (κ3) is 3.58. The number of carbonyl (C=O) groups is 1. The molecular weight excluding hydrogens is 412 g/mol. The summed E-state index contributed by atoms with van der Waals surface area (Å²) >= 11 is 0. The number of allylic oxidation sites excluding steroid dienone is 4. The number of hydrogen-bond donors (Lipinski definition) is 1. The largest absolute Gasteiger partial charge is 0.370 e. The molecule has 8 rings (SSSR count). The maximum absolute atomic E-state index is 9.34. The van der Waals surface area contributed by atoms with E-state index in [1.165, 1.54) is 44.9 Å². The van der Waals surface area contributed by atoms with Gasteiger partial charge in [-0.1, -0.05) is 24.3 Å². The molecular formula is C29H40O4. The highest BCUT2D eigenvalue weighted by molar-refractivity contribution is 5.64. The second-order valence-electron chi connectivity index (χ2n) is 12.3. The summed E-state index contributed by atoms with van der Waals surface area (Å²) in [6, 6.07) is 0. The summed E-state index contributed by atoms with van der Waals surface area (Å²) in [5.41, 5.74) is 0. The first-order valence-electron chi connectivity index (χ1n) is 13.4. The minimum Gasteiger partial charge on any atom is -0.370 e. The summed E-state index contributed by atoms with van der Waals surface area (Å²) in [6.45, 7) is 9.13. The second-order valence-corrected chi connectivity index (χ2v) is 12.3. The lowest BCUT2D eigenvalue weighted by Crippen LogP contribution is -2.32. The Morgan fingerprint density at radius 3 is 2.06 bits per heavy atom. The van der Waals surface area contributed by atoms with Gasteiger partial charge in [0.05, 0.1) is 12.2 Å². The Kier molecular flexibility index (Phi) is 5.61. The summed E-state index contributed by atoms with van der Waals surface area (Å²) in [7, 11) is 0. The van der Waals surface area contributed by atoms with E-state index >= 15 is 0 Å².